The van der Waals surface area contributed by atoms with E-state index in [1.54, 1.807) is 0 Å². The number of carbonyl (C=O) groups excluding carboxylic acids is 1. The number of hydrogen-bond donors (Lipinski definition) is 7. The third-order valence-corrected chi connectivity index (χ3v) is 10.6. The van der Waals surface area contributed by atoms with Gasteiger partial charge in [-0.1, -0.05) is 181 Å². The number of unbranched alkanes of at least 4 members (excludes halogenated alkanes) is 24. The highest BCUT2D eigenvalue weighted by Gasteiger charge is 2.44. The van der Waals surface area contributed by atoms with E-state index in [2.05, 4.69) is 19.2 Å². The molecule has 0 bridgehead atoms. The van der Waals surface area contributed by atoms with Crippen molar-refractivity contribution in [2.24, 2.45) is 0 Å². The SMILES string of the molecule is CCCCCCCCCCCCCCCCC(O)C(=O)NC(COC1OC(CO)C(O)C(O)C1O)C(O)CCCCCCCCCCCCCC. The van der Waals surface area contributed by atoms with Gasteiger partial charge in [0.05, 0.1) is 25.4 Å². The highest BCUT2D eigenvalue weighted by molar-refractivity contribution is 5.80. The fourth-order valence-electron chi connectivity index (χ4n) is 6.99. The minimum absolute atomic E-state index is 0.251. The molecule has 10 heteroatoms. The van der Waals surface area contributed by atoms with Crippen LogP contribution >= 0.6 is 0 Å². The number of hydrogen-bond acceptors (Lipinski definition) is 9. The van der Waals surface area contributed by atoms with Crippen molar-refractivity contribution in [1.82, 2.24) is 5.32 Å². The fourth-order valence-corrected chi connectivity index (χ4v) is 6.99. The van der Waals surface area contributed by atoms with E-state index in [1.807, 2.05) is 0 Å². The van der Waals surface area contributed by atoms with Gasteiger partial charge in [0.1, 0.15) is 30.5 Å². The molecule has 1 fully saturated rings. The highest BCUT2D eigenvalue weighted by Crippen LogP contribution is 2.23. The maximum atomic E-state index is 13.0. The van der Waals surface area contributed by atoms with Crippen LogP contribution in [0, 0.1) is 0 Å². The van der Waals surface area contributed by atoms with Gasteiger partial charge in [0.25, 0.3) is 0 Å². The zero-order valence-corrected chi connectivity index (χ0v) is 32.7. The average molecular weight is 732 g/mol. The summed E-state index contributed by atoms with van der Waals surface area (Å²) < 4.78 is 11.1. The molecule has 0 aliphatic carbocycles. The first-order valence-corrected chi connectivity index (χ1v) is 21.3. The molecule has 0 aromatic rings. The Bertz CT molecular complexity index is 788. The smallest absolute Gasteiger partial charge is 0.249 e. The van der Waals surface area contributed by atoms with Crippen molar-refractivity contribution < 1.29 is 44.9 Å². The summed E-state index contributed by atoms with van der Waals surface area (Å²) in [5.41, 5.74) is 0. The number of carbonyl (C=O) groups is 1. The van der Waals surface area contributed by atoms with Crippen LogP contribution in [0.4, 0.5) is 0 Å². The molecule has 1 aliphatic heterocycles. The van der Waals surface area contributed by atoms with E-state index >= 15 is 0 Å². The summed E-state index contributed by atoms with van der Waals surface area (Å²) in [6.45, 7) is 3.65. The van der Waals surface area contributed by atoms with Crippen LogP contribution in [-0.2, 0) is 14.3 Å². The van der Waals surface area contributed by atoms with Gasteiger partial charge in [-0.25, -0.2) is 0 Å². The molecule has 0 aromatic carbocycles. The van der Waals surface area contributed by atoms with Crippen LogP contribution < -0.4 is 5.32 Å². The van der Waals surface area contributed by atoms with E-state index in [0.29, 0.717) is 12.8 Å². The summed E-state index contributed by atoms with van der Waals surface area (Å²) in [4.78, 5) is 13.0. The Hall–Kier alpha value is -0.850. The fraction of sp³-hybridized carbons (Fsp3) is 0.976. The molecule has 1 saturated heterocycles. The molecule has 0 spiro atoms. The predicted octanol–water partition coefficient (Wildman–Crippen LogP) is 6.97. The average Bonchev–Trinajstić information content (AvgIpc) is 3.13. The van der Waals surface area contributed by atoms with Gasteiger partial charge in [-0.05, 0) is 12.8 Å². The maximum Gasteiger partial charge on any atom is 0.249 e. The first-order valence-electron chi connectivity index (χ1n) is 21.3. The molecular formula is C41H81NO9. The number of nitrogens with one attached hydrogen (secondary N) is 1. The standard InChI is InChI=1S/C41H81NO9/c1-3-5-7-9-11-13-15-17-18-20-22-24-26-28-30-35(45)40(49)42-33(32-50-41-39(48)38(47)37(46)36(31-43)51-41)34(44)29-27-25-23-21-19-16-14-12-10-8-6-4-2/h33-39,41,43-48H,3-32H2,1-2H3,(H,42,49). The Labute approximate surface area is 311 Å². The van der Waals surface area contributed by atoms with E-state index in [-0.39, 0.29) is 6.61 Å². The van der Waals surface area contributed by atoms with Gasteiger partial charge in [0.2, 0.25) is 5.91 Å². The second-order valence-corrected chi connectivity index (χ2v) is 15.3. The number of aliphatic hydroxyl groups excluding tert-OH is 6. The lowest BCUT2D eigenvalue weighted by atomic mass is 9.99. The van der Waals surface area contributed by atoms with Gasteiger partial charge < -0.3 is 45.4 Å². The van der Waals surface area contributed by atoms with E-state index in [1.165, 1.54) is 122 Å². The van der Waals surface area contributed by atoms with Crippen molar-refractivity contribution in [3.8, 4) is 0 Å². The molecule has 0 saturated carbocycles. The molecule has 1 rings (SSSR count). The van der Waals surface area contributed by atoms with E-state index in [0.717, 1.165) is 44.9 Å². The molecule has 8 unspecified atom stereocenters. The summed E-state index contributed by atoms with van der Waals surface area (Å²) in [5.74, 6) is -0.583. The van der Waals surface area contributed by atoms with Gasteiger partial charge in [0.15, 0.2) is 6.29 Å². The second kappa shape index (κ2) is 32.6. The molecule has 304 valence electrons. The van der Waals surface area contributed by atoms with Gasteiger partial charge in [-0.3, -0.25) is 4.79 Å². The van der Waals surface area contributed by atoms with Crippen molar-refractivity contribution >= 4 is 5.91 Å². The lowest BCUT2D eigenvalue weighted by Gasteiger charge is -2.40. The maximum absolute atomic E-state index is 13.0. The molecule has 10 nitrogen and oxygen atoms in total. The van der Waals surface area contributed by atoms with Crippen LogP contribution in [0.3, 0.4) is 0 Å². The van der Waals surface area contributed by atoms with Crippen LogP contribution in [-0.4, -0.2) is 98.7 Å². The largest absolute Gasteiger partial charge is 0.394 e. The Morgan fingerprint density at radius 3 is 1.39 bits per heavy atom. The minimum atomic E-state index is -1.59. The summed E-state index contributed by atoms with van der Waals surface area (Å²) >= 11 is 0. The van der Waals surface area contributed by atoms with Gasteiger partial charge in [-0.2, -0.15) is 0 Å². The number of rotatable bonds is 35. The third kappa shape index (κ3) is 23.5. The van der Waals surface area contributed by atoms with Crippen molar-refractivity contribution in [2.45, 2.75) is 243 Å². The zero-order chi connectivity index (χ0) is 37.5. The third-order valence-electron chi connectivity index (χ3n) is 10.6. The first-order chi connectivity index (χ1) is 24.8. The molecular weight excluding hydrogens is 650 g/mol. The summed E-state index contributed by atoms with van der Waals surface area (Å²) in [5, 5.41) is 64.6. The predicted molar refractivity (Wildman–Crippen MR) is 204 cm³/mol. The molecule has 8 atom stereocenters. The molecule has 7 N–H and O–H groups in total. The molecule has 1 amide bonds. The number of ether oxygens (including phenoxy) is 2. The van der Waals surface area contributed by atoms with Crippen LogP contribution in [0.2, 0.25) is 0 Å². The molecule has 51 heavy (non-hydrogen) atoms. The Kier molecular flexibility index (Phi) is 30.8. The van der Waals surface area contributed by atoms with Crippen LogP contribution in [0.15, 0.2) is 0 Å². The van der Waals surface area contributed by atoms with E-state index in [4.69, 9.17) is 9.47 Å². The van der Waals surface area contributed by atoms with Crippen LogP contribution in [0.25, 0.3) is 0 Å². The van der Waals surface area contributed by atoms with Crippen molar-refractivity contribution in [2.75, 3.05) is 13.2 Å². The van der Waals surface area contributed by atoms with Crippen molar-refractivity contribution in [1.29, 1.82) is 0 Å². The quantitative estimate of drug-likeness (QED) is 0.0341. The zero-order valence-electron chi connectivity index (χ0n) is 32.7. The molecule has 0 radical (unpaired) electrons. The Balaban J connectivity index is 2.43. The van der Waals surface area contributed by atoms with Gasteiger partial charge in [0, 0.05) is 0 Å². The van der Waals surface area contributed by atoms with Gasteiger partial charge >= 0.3 is 0 Å². The Morgan fingerprint density at radius 1 is 0.588 bits per heavy atom. The number of aliphatic hydroxyl groups is 6. The summed E-state index contributed by atoms with van der Waals surface area (Å²) in [6, 6.07) is -0.886. The molecule has 1 aliphatic rings. The van der Waals surface area contributed by atoms with E-state index in [9.17, 15) is 35.4 Å². The molecule has 1 heterocycles. The summed E-state index contributed by atoms with van der Waals surface area (Å²) in [6.07, 6.45) is 22.9. The monoisotopic (exact) mass is 732 g/mol. The lowest BCUT2D eigenvalue weighted by molar-refractivity contribution is -0.302. The first kappa shape index (κ1) is 48.2. The highest BCUT2D eigenvalue weighted by atomic mass is 16.7. The summed E-state index contributed by atoms with van der Waals surface area (Å²) in [7, 11) is 0. The lowest BCUT2D eigenvalue weighted by Crippen LogP contribution is -2.60. The normalized spacial score (nSPS) is 22.5. The topological polar surface area (TPSA) is 169 Å². The van der Waals surface area contributed by atoms with E-state index < -0.39 is 61.5 Å². The van der Waals surface area contributed by atoms with Crippen molar-refractivity contribution in [3.63, 3.8) is 0 Å². The van der Waals surface area contributed by atoms with Gasteiger partial charge in [-0.15, -0.1) is 0 Å². The van der Waals surface area contributed by atoms with Crippen molar-refractivity contribution in [3.05, 3.63) is 0 Å². The Morgan fingerprint density at radius 2 is 0.980 bits per heavy atom. The minimum Gasteiger partial charge on any atom is -0.394 e. The molecule has 0 aromatic heterocycles. The van der Waals surface area contributed by atoms with Crippen LogP contribution in [0.5, 0.6) is 0 Å². The van der Waals surface area contributed by atoms with Crippen LogP contribution in [0.1, 0.15) is 194 Å². The number of amides is 1. The second-order valence-electron chi connectivity index (χ2n) is 15.3.